The van der Waals surface area contributed by atoms with E-state index in [-0.39, 0.29) is 12.4 Å². The van der Waals surface area contributed by atoms with Crippen molar-refractivity contribution in [2.45, 2.75) is 0 Å². The lowest BCUT2D eigenvalue weighted by Crippen LogP contribution is -1.98. The van der Waals surface area contributed by atoms with Gasteiger partial charge in [0, 0.05) is 13.2 Å². The third kappa shape index (κ3) is 3.44. The lowest BCUT2D eigenvalue weighted by molar-refractivity contribution is -0.131. The van der Waals surface area contributed by atoms with Crippen molar-refractivity contribution in [1.82, 2.24) is 0 Å². The molecule has 0 saturated heterocycles. The molecule has 0 amide bonds. The highest BCUT2D eigenvalue weighted by molar-refractivity contribution is 5.90. The molecule has 1 aromatic carbocycles. The highest BCUT2D eigenvalue weighted by Gasteiger charge is 2.04. The predicted molar refractivity (Wildman–Crippen MR) is 55.6 cm³/mol. The van der Waals surface area contributed by atoms with Gasteiger partial charge in [0.25, 0.3) is 0 Å². The van der Waals surface area contributed by atoms with Gasteiger partial charge in [0.15, 0.2) is 0 Å². The zero-order valence-corrected chi connectivity index (χ0v) is 8.30. The zero-order valence-electron chi connectivity index (χ0n) is 8.30. The lowest BCUT2D eigenvalue weighted by atomic mass is 10.1. The summed E-state index contributed by atoms with van der Waals surface area (Å²) in [5.74, 6) is -0.940. The number of carboxylic acid groups (broad SMARTS) is 1. The summed E-state index contributed by atoms with van der Waals surface area (Å²) < 4.78 is 4.89. The summed E-state index contributed by atoms with van der Waals surface area (Å²) >= 11 is 0. The van der Waals surface area contributed by atoms with Crippen LogP contribution in [0.2, 0.25) is 0 Å². The highest BCUT2D eigenvalue weighted by atomic mass is 16.5. The summed E-state index contributed by atoms with van der Waals surface area (Å²) in [4.78, 5) is 10.5. The third-order valence-electron chi connectivity index (χ3n) is 1.81. The van der Waals surface area contributed by atoms with Gasteiger partial charge in [-0.15, -0.1) is 0 Å². The van der Waals surface area contributed by atoms with Gasteiger partial charge < -0.3 is 14.9 Å². The van der Waals surface area contributed by atoms with Crippen molar-refractivity contribution in [3.05, 3.63) is 35.9 Å². The molecule has 0 atom stereocenters. The van der Waals surface area contributed by atoms with Crippen LogP contribution in [0.25, 0.3) is 5.57 Å². The van der Waals surface area contributed by atoms with Crippen molar-refractivity contribution in [2.24, 2.45) is 0 Å². The molecular formula is C11H12O4. The largest absolute Gasteiger partial charge is 0.508 e. The molecule has 0 fully saturated rings. The topological polar surface area (TPSA) is 66.8 Å². The second-order valence-electron chi connectivity index (χ2n) is 2.99. The molecule has 0 bridgehead atoms. The van der Waals surface area contributed by atoms with Crippen LogP contribution in [-0.2, 0) is 9.53 Å². The standard InChI is InChI=1S/C11H12O4/c1-15-7-9(6-11(13)14)8-3-2-4-10(12)5-8/h2-6,12H,7H2,1H3,(H,13,14). The van der Waals surface area contributed by atoms with E-state index in [1.165, 1.54) is 19.2 Å². The lowest BCUT2D eigenvalue weighted by Gasteiger charge is -2.05. The molecule has 1 aromatic rings. The molecule has 4 heteroatoms. The van der Waals surface area contributed by atoms with Crippen LogP contribution >= 0.6 is 0 Å². The first-order chi connectivity index (χ1) is 7.13. The number of hydrogen-bond acceptors (Lipinski definition) is 3. The minimum atomic E-state index is -1.04. The van der Waals surface area contributed by atoms with E-state index in [9.17, 15) is 9.90 Å². The fourth-order valence-electron chi connectivity index (χ4n) is 1.22. The summed E-state index contributed by atoms with van der Waals surface area (Å²) in [5, 5.41) is 17.9. The van der Waals surface area contributed by atoms with Gasteiger partial charge in [-0.2, -0.15) is 0 Å². The number of phenolic OH excluding ortho intramolecular Hbond substituents is 1. The maximum atomic E-state index is 10.5. The Kier molecular flexibility index (Phi) is 3.88. The first kappa shape index (κ1) is 11.3. The minimum absolute atomic E-state index is 0.0971. The van der Waals surface area contributed by atoms with Crippen LogP contribution in [0.4, 0.5) is 0 Å². The van der Waals surface area contributed by atoms with E-state index in [0.29, 0.717) is 11.1 Å². The number of carbonyl (C=O) groups is 1. The molecule has 0 aliphatic rings. The van der Waals surface area contributed by atoms with Gasteiger partial charge >= 0.3 is 5.97 Å². The zero-order chi connectivity index (χ0) is 11.3. The van der Waals surface area contributed by atoms with Gasteiger partial charge in [-0.1, -0.05) is 12.1 Å². The summed E-state index contributed by atoms with van der Waals surface area (Å²) in [5.41, 5.74) is 1.15. The van der Waals surface area contributed by atoms with E-state index in [1.807, 2.05) is 0 Å². The second kappa shape index (κ2) is 5.17. The molecule has 0 saturated carbocycles. The van der Waals surface area contributed by atoms with E-state index in [1.54, 1.807) is 12.1 Å². The fourth-order valence-corrected chi connectivity index (χ4v) is 1.22. The van der Waals surface area contributed by atoms with E-state index < -0.39 is 5.97 Å². The smallest absolute Gasteiger partial charge is 0.328 e. The van der Waals surface area contributed by atoms with E-state index in [2.05, 4.69) is 0 Å². The maximum absolute atomic E-state index is 10.5. The summed E-state index contributed by atoms with van der Waals surface area (Å²) in [6.07, 6.45) is 1.07. The van der Waals surface area contributed by atoms with Crippen LogP contribution in [0.15, 0.2) is 30.3 Å². The minimum Gasteiger partial charge on any atom is -0.508 e. The highest BCUT2D eigenvalue weighted by Crippen LogP contribution is 2.19. The molecule has 0 unspecified atom stereocenters. The molecule has 0 radical (unpaired) electrons. The molecule has 0 aliphatic heterocycles. The van der Waals surface area contributed by atoms with E-state index in [4.69, 9.17) is 9.84 Å². The number of methoxy groups -OCH3 is 1. The summed E-state index contributed by atoms with van der Waals surface area (Å²) in [7, 11) is 1.48. The number of aliphatic carboxylic acids is 1. The van der Waals surface area contributed by atoms with Crippen molar-refractivity contribution in [2.75, 3.05) is 13.7 Å². The van der Waals surface area contributed by atoms with Crippen molar-refractivity contribution >= 4 is 11.5 Å². The molecule has 15 heavy (non-hydrogen) atoms. The molecular weight excluding hydrogens is 196 g/mol. The van der Waals surface area contributed by atoms with Gasteiger partial charge in [-0.25, -0.2) is 4.79 Å². The normalized spacial score (nSPS) is 11.4. The Hall–Kier alpha value is -1.81. The first-order valence-corrected chi connectivity index (χ1v) is 4.35. The SMILES string of the molecule is COCC(=CC(=O)O)c1cccc(O)c1. The van der Waals surface area contributed by atoms with Gasteiger partial charge in [0.05, 0.1) is 6.61 Å². The Bertz CT molecular complexity index is 382. The first-order valence-electron chi connectivity index (χ1n) is 4.35. The number of phenols is 1. The average Bonchev–Trinajstić information content (AvgIpc) is 2.16. The van der Waals surface area contributed by atoms with Crippen molar-refractivity contribution < 1.29 is 19.7 Å². The second-order valence-corrected chi connectivity index (χ2v) is 2.99. The Morgan fingerprint density at radius 2 is 2.27 bits per heavy atom. The monoisotopic (exact) mass is 208 g/mol. The molecule has 0 heterocycles. The van der Waals surface area contributed by atoms with Crippen LogP contribution in [0.5, 0.6) is 5.75 Å². The Balaban J connectivity index is 3.04. The average molecular weight is 208 g/mol. The van der Waals surface area contributed by atoms with Crippen molar-refractivity contribution in [3.8, 4) is 5.75 Å². The van der Waals surface area contributed by atoms with Crippen LogP contribution in [0.1, 0.15) is 5.56 Å². The number of benzene rings is 1. The summed E-state index contributed by atoms with van der Waals surface area (Å²) in [6, 6.07) is 6.38. The molecule has 0 spiro atoms. The molecule has 80 valence electrons. The van der Waals surface area contributed by atoms with Gasteiger partial charge in [0.1, 0.15) is 5.75 Å². The Labute approximate surface area is 87.4 Å². The molecule has 0 aromatic heterocycles. The van der Waals surface area contributed by atoms with Gasteiger partial charge in [0.2, 0.25) is 0 Å². The number of ether oxygens (including phenoxy) is 1. The van der Waals surface area contributed by atoms with Crippen molar-refractivity contribution in [1.29, 1.82) is 0 Å². The predicted octanol–water partition coefficient (Wildman–Crippen LogP) is 1.51. The van der Waals surface area contributed by atoms with Gasteiger partial charge in [-0.05, 0) is 23.3 Å². The number of aromatic hydroxyl groups is 1. The quantitative estimate of drug-likeness (QED) is 0.736. The van der Waals surface area contributed by atoms with E-state index >= 15 is 0 Å². The van der Waals surface area contributed by atoms with Crippen LogP contribution in [0, 0.1) is 0 Å². The fraction of sp³-hybridized carbons (Fsp3) is 0.182. The summed E-state index contributed by atoms with van der Waals surface area (Å²) in [6.45, 7) is 0.190. The number of hydrogen-bond donors (Lipinski definition) is 2. The number of rotatable bonds is 4. The number of carboxylic acids is 1. The molecule has 4 nitrogen and oxygen atoms in total. The van der Waals surface area contributed by atoms with Crippen LogP contribution < -0.4 is 0 Å². The van der Waals surface area contributed by atoms with Gasteiger partial charge in [-0.3, -0.25) is 0 Å². The third-order valence-corrected chi connectivity index (χ3v) is 1.81. The molecule has 1 rings (SSSR count). The van der Waals surface area contributed by atoms with Crippen LogP contribution in [-0.4, -0.2) is 29.9 Å². The van der Waals surface area contributed by atoms with Crippen molar-refractivity contribution in [3.63, 3.8) is 0 Å². The molecule has 0 aliphatic carbocycles. The van der Waals surface area contributed by atoms with E-state index in [0.717, 1.165) is 6.08 Å². The Morgan fingerprint density at radius 3 is 2.80 bits per heavy atom. The molecule has 2 N–H and O–H groups in total. The Morgan fingerprint density at radius 1 is 1.53 bits per heavy atom. The van der Waals surface area contributed by atoms with Crippen LogP contribution in [0.3, 0.4) is 0 Å². The maximum Gasteiger partial charge on any atom is 0.328 e.